The molecule has 6 nitrogen and oxygen atoms in total. The molecule has 0 saturated heterocycles. The van der Waals surface area contributed by atoms with Gasteiger partial charge in [-0.05, 0) is 26.1 Å². The lowest BCUT2D eigenvalue weighted by atomic mass is 10.1. The van der Waals surface area contributed by atoms with Crippen molar-refractivity contribution in [3.63, 3.8) is 0 Å². The zero-order valence-corrected chi connectivity index (χ0v) is 10.6. The van der Waals surface area contributed by atoms with Crippen molar-refractivity contribution in [2.75, 3.05) is 12.4 Å². The van der Waals surface area contributed by atoms with Crippen LogP contribution in [0.1, 0.15) is 12.5 Å². The second-order valence-electron chi connectivity index (χ2n) is 3.99. The molecule has 1 unspecified atom stereocenters. The van der Waals surface area contributed by atoms with Crippen LogP contribution in [0.2, 0.25) is 0 Å². The van der Waals surface area contributed by atoms with E-state index in [2.05, 4.69) is 10.6 Å². The fourth-order valence-electron chi connectivity index (χ4n) is 1.34. The van der Waals surface area contributed by atoms with Crippen LogP contribution in [0.4, 0.5) is 24.5 Å². The lowest BCUT2D eigenvalue weighted by molar-refractivity contribution is -0.384. The number of nitrogens with one attached hydrogen (secondary N) is 2. The van der Waals surface area contributed by atoms with E-state index in [1.807, 2.05) is 0 Å². The van der Waals surface area contributed by atoms with E-state index < -0.39 is 34.3 Å². The minimum Gasteiger partial charge on any atom is -0.319 e. The summed E-state index contributed by atoms with van der Waals surface area (Å²) < 4.78 is 37.5. The van der Waals surface area contributed by atoms with Crippen LogP contribution in [0.3, 0.4) is 0 Å². The van der Waals surface area contributed by atoms with Crippen molar-refractivity contribution in [2.45, 2.75) is 19.1 Å². The summed E-state index contributed by atoms with van der Waals surface area (Å²) in [6.07, 6.45) is -4.69. The first-order chi connectivity index (χ1) is 9.16. The first-order valence-electron chi connectivity index (χ1n) is 5.50. The second kappa shape index (κ2) is 5.87. The molecule has 20 heavy (non-hydrogen) atoms. The molecule has 1 aromatic carbocycles. The van der Waals surface area contributed by atoms with E-state index >= 15 is 0 Å². The third kappa shape index (κ3) is 3.67. The largest absolute Gasteiger partial charge is 0.416 e. The van der Waals surface area contributed by atoms with E-state index in [0.29, 0.717) is 12.1 Å². The number of rotatable bonds is 4. The van der Waals surface area contributed by atoms with Crippen LogP contribution in [0.15, 0.2) is 18.2 Å². The summed E-state index contributed by atoms with van der Waals surface area (Å²) in [6, 6.07) is 1.28. The van der Waals surface area contributed by atoms with Gasteiger partial charge in [-0.15, -0.1) is 0 Å². The Kier molecular flexibility index (Phi) is 4.66. The van der Waals surface area contributed by atoms with Crippen LogP contribution >= 0.6 is 0 Å². The standard InChI is InChI=1S/C11H12F3N3O3/c1-6(15-2)10(18)16-8-4-3-7(11(12,13)14)5-9(8)17(19)20/h3-6,15H,1-2H3,(H,16,18). The van der Waals surface area contributed by atoms with Gasteiger partial charge in [-0.3, -0.25) is 14.9 Å². The number of nitro benzene ring substituents is 1. The molecule has 0 spiro atoms. The molecule has 0 saturated carbocycles. The number of benzene rings is 1. The minimum atomic E-state index is -4.69. The van der Waals surface area contributed by atoms with Gasteiger partial charge in [-0.1, -0.05) is 0 Å². The van der Waals surface area contributed by atoms with Crippen LogP contribution in [0.25, 0.3) is 0 Å². The molecule has 0 aliphatic rings. The van der Waals surface area contributed by atoms with Crippen LogP contribution < -0.4 is 10.6 Å². The number of alkyl halides is 3. The predicted molar refractivity (Wildman–Crippen MR) is 65.2 cm³/mol. The fourth-order valence-corrected chi connectivity index (χ4v) is 1.34. The van der Waals surface area contributed by atoms with E-state index in [0.717, 1.165) is 6.07 Å². The summed E-state index contributed by atoms with van der Waals surface area (Å²) in [4.78, 5) is 21.4. The van der Waals surface area contributed by atoms with Crippen molar-refractivity contribution in [1.82, 2.24) is 5.32 Å². The van der Waals surface area contributed by atoms with Crippen LogP contribution in [0, 0.1) is 10.1 Å². The number of halogens is 3. The van der Waals surface area contributed by atoms with Crippen LogP contribution in [-0.4, -0.2) is 23.9 Å². The number of likely N-dealkylation sites (N-methyl/N-ethyl adjacent to an activating group) is 1. The molecule has 1 atom stereocenters. The van der Waals surface area contributed by atoms with Gasteiger partial charge in [0.25, 0.3) is 5.69 Å². The fraction of sp³-hybridized carbons (Fsp3) is 0.364. The van der Waals surface area contributed by atoms with Gasteiger partial charge < -0.3 is 10.6 Å². The number of hydrogen-bond donors (Lipinski definition) is 2. The van der Waals surface area contributed by atoms with Crippen LogP contribution in [0.5, 0.6) is 0 Å². The summed E-state index contributed by atoms with van der Waals surface area (Å²) in [7, 11) is 1.51. The molecule has 2 N–H and O–H groups in total. The van der Waals surface area contributed by atoms with Crippen molar-refractivity contribution < 1.29 is 22.9 Å². The molecule has 0 aliphatic heterocycles. The molecule has 110 valence electrons. The Morgan fingerprint density at radius 1 is 1.40 bits per heavy atom. The summed E-state index contributed by atoms with van der Waals surface area (Å²) in [5, 5.41) is 15.6. The monoisotopic (exact) mass is 291 g/mol. The second-order valence-corrected chi connectivity index (χ2v) is 3.99. The highest BCUT2D eigenvalue weighted by molar-refractivity contribution is 5.96. The van der Waals surface area contributed by atoms with Gasteiger partial charge >= 0.3 is 6.18 Å². The maximum absolute atomic E-state index is 12.5. The number of amides is 1. The Hall–Kier alpha value is -2.16. The molecule has 0 fully saturated rings. The third-order valence-corrected chi connectivity index (χ3v) is 2.61. The van der Waals surface area contributed by atoms with Gasteiger partial charge in [0.15, 0.2) is 0 Å². The first kappa shape index (κ1) is 15.9. The molecule has 0 aliphatic carbocycles. The van der Waals surface area contributed by atoms with Gasteiger partial charge in [-0.25, -0.2) is 0 Å². The molecular formula is C11H12F3N3O3. The van der Waals surface area contributed by atoms with Gasteiger partial charge in [0.05, 0.1) is 16.5 Å². The first-order valence-corrected chi connectivity index (χ1v) is 5.50. The maximum atomic E-state index is 12.5. The Labute approximate surface area is 112 Å². The molecule has 1 amide bonds. The zero-order chi connectivity index (χ0) is 15.5. The van der Waals surface area contributed by atoms with Gasteiger partial charge in [0, 0.05) is 6.07 Å². The predicted octanol–water partition coefficient (Wildman–Crippen LogP) is 2.16. The Morgan fingerprint density at radius 3 is 2.45 bits per heavy atom. The Morgan fingerprint density at radius 2 is 2.00 bits per heavy atom. The van der Waals surface area contributed by atoms with Gasteiger partial charge in [0.1, 0.15) is 5.69 Å². The lowest BCUT2D eigenvalue weighted by Crippen LogP contribution is -2.35. The quantitative estimate of drug-likeness (QED) is 0.657. The molecule has 0 bridgehead atoms. The number of carbonyl (C=O) groups excluding carboxylic acids is 1. The molecule has 0 heterocycles. The summed E-state index contributed by atoms with van der Waals surface area (Å²) in [5.41, 5.74) is -2.24. The minimum absolute atomic E-state index is 0.282. The van der Waals surface area contributed by atoms with E-state index in [1.165, 1.54) is 14.0 Å². The highest BCUT2D eigenvalue weighted by Crippen LogP contribution is 2.34. The van der Waals surface area contributed by atoms with Crippen LogP contribution in [-0.2, 0) is 11.0 Å². The maximum Gasteiger partial charge on any atom is 0.416 e. The van der Waals surface area contributed by atoms with E-state index in [1.54, 1.807) is 0 Å². The van der Waals surface area contributed by atoms with E-state index in [-0.39, 0.29) is 5.69 Å². The van der Waals surface area contributed by atoms with Gasteiger partial charge in [0.2, 0.25) is 5.91 Å². The zero-order valence-electron chi connectivity index (χ0n) is 10.6. The topological polar surface area (TPSA) is 84.3 Å². The summed E-state index contributed by atoms with van der Waals surface area (Å²) >= 11 is 0. The summed E-state index contributed by atoms with van der Waals surface area (Å²) in [6.45, 7) is 1.51. The SMILES string of the molecule is CNC(C)C(=O)Nc1ccc(C(F)(F)F)cc1[N+](=O)[O-]. The molecule has 9 heteroatoms. The van der Waals surface area contributed by atoms with Crippen molar-refractivity contribution in [3.8, 4) is 0 Å². The third-order valence-electron chi connectivity index (χ3n) is 2.61. The van der Waals surface area contributed by atoms with Crippen molar-refractivity contribution in [2.24, 2.45) is 0 Å². The molecular weight excluding hydrogens is 279 g/mol. The number of carbonyl (C=O) groups is 1. The van der Waals surface area contributed by atoms with E-state index in [4.69, 9.17) is 0 Å². The number of anilines is 1. The number of hydrogen-bond acceptors (Lipinski definition) is 4. The number of nitrogens with zero attached hydrogens (tertiary/aromatic N) is 1. The summed E-state index contributed by atoms with van der Waals surface area (Å²) in [5.74, 6) is -0.588. The highest BCUT2D eigenvalue weighted by Gasteiger charge is 2.33. The van der Waals surface area contributed by atoms with E-state index in [9.17, 15) is 28.1 Å². The molecule has 0 aromatic heterocycles. The molecule has 1 aromatic rings. The van der Waals surface area contributed by atoms with Gasteiger partial charge in [-0.2, -0.15) is 13.2 Å². The smallest absolute Gasteiger partial charge is 0.319 e. The highest BCUT2D eigenvalue weighted by atomic mass is 19.4. The average molecular weight is 291 g/mol. The lowest BCUT2D eigenvalue weighted by Gasteiger charge is -2.12. The Bertz CT molecular complexity index is 531. The number of nitro groups is 1. The Balaban J connectivity index is 3.15. The average Bonchev–Trinajstić information content (AvgIpc) is 2.36. The molecule has 1 rings (SSSR count). The van der Waals surface area contributed by atoms with Crippen molar-refractivity contribution in [3.05, 3.63) is 33.9 Å². The normalized spacial score (nSPS) is 12.8. The van der Waals surface area contributed by atoms with Crippen molar-refractivity contribution in [1.29, 1.82) is 0 Å². The van der Waals surface area contributed by atoms with Crippen molar-refractivity contribution >= 4 is 17.3 Å². The molecule has 0 radical (unpaired) electrons.